The average molecular weight is 595 g/mol. The maximum absolute atomic E-state index is 13.1. The molecule has 0 saturated carbocycles. The number of carbonyl (C=O) groups is 2. The number of likely N-dealkylation sites (tertiary alicyclic amines) is 1. The molecule has 43 heavy (non-hydrogen) atoms. The van der Waals surface area contributed by atoms with Crippen LogP contribution in [0.4, 0.5) is 5.82 Å². The van der Waals surface area contributed by atoms with Crippen molar-refractivity contribution in [3.8, 4) is 28.4 Å². The predicted octanol–water partition coefficient (Wildman–Crippen LogP) is 5.51. The van der Waals surface area contributed by atoms with Crippen molar-refractivity contribution in [3.05, 3.63) is 95.4 Å². The molecule has 0 unspecified atom stereocenters. The number of fused-ring (bicyclic) bond motifs is 1. The number of aliphatic carboxylic acids is 1. The predicted molar refractivity (Wildman–Crippen MR) is 162 cm³/mol. The summed E-state index contributed by atoms with van der Waals surface area (Å²) in [6.45, 7) is 0.735. The topological polar surface area (TPSA) is 144 Å². The standard InChI is InChI=1S/C32H27ClN6O4/c33-24-17-22(16-21-8-5-13-35-26(21)24)28-27(19-6-2-1-3-7-19)37-29(34)30(38-28)43-18-23-9-4-10-25(36-23)31(40)39-14-11-20(12-15-39)32(41)42/h1-10,13,16-17,20H,11-12,14-15,18H2,(H2,34,37)(H,41,42). The van der Waals surface area contributed by atoms with Gasteiger partial charge in [-0.1, -0.05) is 54.1 Å². The van der Waals surface area contributed by atoms with Crippen LogP contribution in [0.1, 0.15) is 29.0 Å². The van der Waals surface area contributed by atoms with Crippen LogP contribution in [0.15, 0.2) is 79.0 Å². The molecular formula is C32H27ClN6O4. The second-order valence-electron chi connectivity index (χ2n) is 10.2. The lowest BCUT2D eigenvalue weighted by Gasteiger charge is -2.29. The summed E-state index contributed by atoms with van der Waals surface area (Å²) in [5.74, 6) is -1.28. The molecule has 1 amide bonds. The molecule has 5 aromatic rings. The first-order valence-corrected chi connectivity index (χ1v) is 14.1. The van der Waals surface area contributed by atoms with Crippen molar-refractivity contribution >= 4 is 40.2 Å². The third-order valence-electron chi connectivity index (χ3n) is 7.38. The molecule has 1 aliphatic rings. The molecule has 0 aliphatic carbocycles. The van der Waals surface area contributed by atoms with Crippen molar-refractivity contribution < 1.29 is 19.4 Å². The summed E-state index contributed by atoms with van der Waals surface area (Å²) in [7, 11) is 0. The molecule has 216 valence electrons. The van der Waals surface area contributed by atoms with E-state index in [4.69, 9.17) is 27.1 Å². The highest BCUT2D eigenvalue weighted by Gasteiger charge is 2.28. The van der Waals surface area contributed by atoms with E-state index in [0.29, 0.717) is 53.6 Å². The maximum Gasteiger partial charge on any atom is 0.306 e. The fraction of sp³-hybridized carbons (Fsp3) is 0.188. The summed E-state index contributed by atoms with van der Waals surface area (Å²) in [5, 5.41) is 10.6. The van der Waals surface area contributed by atoms with E-state index in [1.165, 1.54) is 0 Å². The minimum Gasteiger partial charge on any atom is -0.481 e. The van der Waals surface area contributed by atoms with Gasteiger partial charge in [-0.15, -0.1) is 0 Å². The second-order valence-corrected chi connectivity index (χ2v) is 10.6. The third-order valence-corrected chi connectivity index (χ3v) is 7.67. The summed E-state index contributed by atoms with van der Waals surface area (Å²) < 4.78 is 6.02. The van der Waals surface area contributed by atoms with E-state index < -0.39 is 11.9 Å². The minimum absolute atomic E-state index is 0.00634. The first-order valence-electron chi connectivity index (χ1n) is 13.8. The van der Waals surface area contributed by atoms with E-state index in [1.54, 1.807) is 35.4 Å². The molecule has 1 fully saturated rings. The maximum atomic E-state index is 13.1. The monoisotopic (exact) mass is 594 g/mol. The Hall–Kier alpha value is -5.09. The number of carbonyl (C=O) groups excluding carboxylic acids is 1. The van der Waals surface area contributed by atoms with Crippen LogP contribution in [0, 0.1) is 5.92 Å². The van der Waals surface area contributed by atoms with E-state index >= 15 is 0 Å². The molecule has 6 rings (SSSR count). The lowest BCUT2D eigenvalue weighted by molar-refractivity contribution is -0.143. The lowest BCUT2D eigenvalue weighted by atomic mass is 9.97. The fourth-order valence-electron chi connectivity index (χ4n) is 5.14. The number of nitrogen functional groups attached to an aromatic ring is 1. The van der Waals surface area contributed by atoms with Crippen molar-refractivity contribution in [2.45, 2.75) is 19.4 Å². The zero-order chi connectivity index (χ0) is 29.9. The number of benzene rings is 2. The van der Waals surface area contributed by atoms with Crippen molar-refractivity contribution in [2.75, 3.05) is 18.8 Å². The number of anilines is 1. The van der Waals surface area contributed by atoms with Crippen LogP contribution >= 0.6 is 11.6 Å². The number of rotatable bonds is 7. The van der Waals surface area contributed by atoms with Crippen molar-refractivity contribution in [2.24, 2.45) is 5.92 Å². The normalized spacial score (nSPS) is 13.7. The Balaban J connectivity index is 1.28. The van der Waals surface area contributed by atoms with Gasteiger partial charge in [0, 0.05) is 35.8 Å². The highest BCUT2D eigenvalue weighted by molar-refractivity contribution is 6.35. The number of carboxylic acid groups (broad SMARTS) is 1. The number of aromatic nitrogens is 4. The summed E-state index contributed by atoms with van der Waals surface area (Å²) in [5.41, 5.74) is 10.4. The number of pyridine rings is 2. The quantitative estimate of drug-likeness (QED) is 0.249. The Morgan fingerprint density at radius 2 is 1.70 bits per heavy atom. The average Bonchev–Trinajstić information content (AvgIpc) is 3.04. The van der Waals surface area contributed by atoms with Gasteiger partial charge in [-0.25, -0.2) is 15.0 Å². The SMILES string of the molecule is Nc1nc(-c2ccccc2)c(-c2cc(Cl)c3ncccc3c2)nc1OCc1cccc(C(=O)N2CCC(C(=O)O)CC2)n1. The zero-order valence-electron chi connectivity index (χ0n) is 23.0. The Morgan fingerprint density at radius 1 is 0.930 bits per heavy atom. The fourth-order valence-corrected chi connectivity index (χ4v) is 5.41. The molecule has 0 atom stereocenters. The van der Waals surface area contributed by atoms with E-state index in [2.05, 4.69) is 15.0 Å². The molecule has 2 aromatic carbocycles. The van der Waals surface area contributed by atoms with Gasteiger partial charge in [0.15, 0.2) is 5.82 Å². The first kappa shape index (κ1) is 28.0. The first-order chi connectivity index (χ1) is 20.9. The van der Waals surface area contributed by atoms with E-state index in [0.717, 1.165) is 16.5 Å². The van der Waals surface area contributed by atoms with Gasteiger partial charge in [0.2, 0.25) is 0 Å². The molecule has 10 nitrogen and oxygen atoms in total. The number of amides is 1. The van der Waals surface area contributed by atoms with Gasteiger partial charge in [0.1, 0.15) is 18.0 Å². The van der Waals surface area contributed by atoms with Crippen LogP contribution in [0.2, 0.25) is 5.02 Å². The number of hydrogen-bond donors (Lipinski definition) is 2. The number of hydrogen-bond acceptors (Lipinski definition) is 8. The van der Waals surface area contributed by atoms with Crippen LogP contribution in [0.25, 0.3) is 33.4 Å². The Kier molecular flexibility index (Phi) is 7.84. The van der Waals surface area contributed by atoms with Crippen LogP contribution in [0.5, 0.6) is 5.88 Å². The van der Waals surface area contributed by atoms with Gasteiger partial charge in [-0.2, -0.15) is 0 Å². The zero-order valence-corrected chi connectivity index (χ0v) is 23.7. The molecule has 0 spiro atoms. The van der Waals surface area contributed by atoms with Gasteiger partial charge >= 0.3 is 5.97 Å². The summed E-state index contributed by atoms with van der Waals surface area (Å²) >= 11 is 6.61. The van der Waals surface area contributed by atoms with E-state index in [-0.39, 0.29) is 29.9 Å². The molecule has 0 bridgehead atoms. The number of nitrogens with two attached hydrogens (primary N) is 1. The largest absolute Gasteiger partial charge is 0.481 e. The molecule has 3 N–H and O–H groups in total. The van der Waals surface area contributed by atoms with Crippen molar-refractivity contribution in [1.82, 2.24) is 24.8 Å². The van der Waals surface area contributed by atoms with E-state index in [1.807, 2.05) is 48.5 Å². The highest BCUT2D eigenvalue weighted by Crippen LogP contribution is 2.36. The van der Waals surface area contributed by atoms with Gasteiger partial charge in [0.25, 0.3) is 11.8 Å². The number of halogens is 1. The Morgan fingerprint density at radius 3 is 2.47 bits per heavy atom. The summed E-state index contributed by atoms with van der Waals surface area (Å²) in [6, 6.07) is 22.2. The molecule has 11 heteroatoms. The van der Waals surface area contributed by atoms with Crippen LogP contribution in [-0.4, -0.2) is 54.9 Å². The van der Waals surface area contributed by atoms with Gasteiger partial charge in [-0.3, -0.25) is 14.6 Å². The molecule has 3 aromatic heterocycles. The molecule has 4 heterocycles. The highest BCUT2D eigenvalue weighted by atomic mass is 35.5. The Labute approximate surface area is 252 Å². The number of ether oxygens (including phenoxy) is 1. The second kappa shape index (κ2) is 12.0. The summed E-state index contributed by atoms with van der Waals surface area (Å²) in [4.78, 5) is 44.3. The third kappa shape index (κ3) is 5.96. The minimum atomic E-state index is -0.826. The van der Waals surface area contributed by atoms with Gasteiger partial charge < -0.3 is 20.5 Å². The molecule has 1 saturated heterocycles. The number of piperidine rings is 1. The van der Waals surface area contributed by atoms with Crippen molar-refractivity contribution in [3.63, 3.8) is 0 Å². The number of nitrogens with zero attached hydrogens (tertiary/aromatic N) is 5. The molecular weight excluding hydrogens is 568 g/mol. The van der Waals surface area contributed by atoms with E-state index in [9.17, 15) is 14.7 Å². The number of carboxylic acids is 1. The van der Waals surface area contributed by atoms with Crippen molar-refractivity contribution in [1.29, 1.82) is 0 Å². The van der Waals surface area contributed by atoms with Gasteiger partial charge in [-0.05, 0) is 43.2 Å². The molecule has 0 radical (unpaired) electrons. The van der Waals surface area contributed by atoms with Crippen LogP contribution in [-0.2, 0) is 11.4 Å². The lowest BCUT2D eigenvalue weighted by Crippen LogP contribution is -2.40. The Bertz CT molecular complexity index is 1830. The molecule has 1 aliphatic heterocycles. The smallest absolute Gasteiger partial charge is 0.306 e. The van der Waals surface area contributed by atoms with Gasteiger partial charge in [0.05, 0.1) is 27.8 Å². The van der Waals surface area contributed by atoms with Crippen LogP contribution in [0.3, 0.4) is 0 Å². The summed E-state index contributed by atoms with van der Waals surface area (Å²) in [6.07, 6.45) is 2.53. The van der Waals surface area contributed by atoms with Crippen LogP contribution < -0.4 is 10.5 Å².